The van der Waals surface area contributed by atoms with Crippen LogP contribution in [0.15, 0.2) is 41.1 Å². The van der Waals surface area contributed by atoms with Crippen LogP contribution in [0.1, 0.15) is 10.4 Å². The van der Waals surface area contributed by atoms with E-state index in [-0.39, 0.29) is 5.91 Å². The van der Waals surface area contributed by atoms with E-state index < -0.39 is 0 Å². The Morgan fingerprint density at radius 2 is 1.89 bits per heavy atom. The van der Waals surface area contributed by atoms with Crippen LogP contribution in [0.3, 0.4) is 0 Å². The molecule has 1 aromatic heterocycles. The minimum Gasteiger partial charge on any atom is -0.319 e. The van der Waals surface area contributed by atoms with Crippen LogP contribution in [0, 0.1) is 0 Å². The fourth-order valence-electron chi connectivity index (χ4n) is 1.35. The molecule has 0 unspecified atom stereocenters. The lowest BCUT2D eigenvalue weighted by molar-refractivity contribution is 0.102. The monoisotopic (exact) mass is 344 g/mol. The maximum atomic E-state index is 12.0. The molecule has 0 saturated carbocycles. The van der Waals surface area contributed by atoms with Crippen LogP contribution in [0.25, 0.3) is 0 Å². The molecule has 2 rings (SSSR count). The van der Waals surface area contributed by atoms with Crippen LogP contribution in [0.4, 0.5) is 5.69 Å². The van der Waals surface area contributed by atoms with Gasteiger partial charge in [0.05, 0.1) is 15.7 Å². The van der Waals surface area contributed by atoms with E-state index in [1.54, 1.807) is 30.3 Å². The van der Waals surface area contributed by atoms with E-state index in [4.69, 9.17) is 23.2 Å². The van der Waals surface area contributed by atoms with Crippen LogP contribution in [-0.4, -0.2) is 10.9 Å². The molecule has 1 aromatic carbocycles. The summed E-state index contributed by atoms with van der Waals surface area (Å²) < 4.78 is 0.584. The Morgan fingerprint density at radius 3 is 2.50 bits per heavy atom. The van der Waals surface area contributed by atoms with Crippen LogP contribution >= 0.6 is 39.1 Å². The summed E-state index contributed by atoms with van der Waals surface area (Å²) in [7, 11) is 0. The molecule has 0 fully saturated rings. The highest BCUT2D eigenvalue weighted by Gasteiger charge is 2.11. The first-order chi connectivity index (χ1) is 8.58. The lowest BCUT2D eigenvalue weighted by Gasteiger charge is -2.09. The van der Waals surface area contributed by atoms with Gasteiger partial charge in [-0.15, -0.1) is 0 Å². The molecule has 3 nitrogen and oxygen atoms in total. The molecule has 0 aliphatic rings. The number of carbonyl (C=O) groups is 1. The number of nitrogens with one attached hydrogen (secondary N) is 1. The molecule has 2 aromatic rings. The molecule has 0 aliphatic heterocycles. The van der Waals surface area contributed by atoms with E-state index in [9.17, 15) is 4.79 Å². The van der Waals surface area contributed by atoms with Gasteiger partial charge < -0.3 is 5.32 Å². The molecule has 6 heteroatoms. The number of aromatic nitrogens is 1. The van der Waals surface area contributed by atoms with Gasteiger partial charge in [0.25, 0.3) is 5.91 Å². The molecular formula is C12H7BrCl2N2O. The second kappa shape index (κ2) is 5.69. The van der Waals surface area contributed by atoms with E-state index in [1.807, 2.05) is 0 Å². The summed E-state index contributed by atoms with van der Waals surface area (Å²) in [5.41, 5.74) is 0.867. The van der Waals surface area contributed by atoms with Crippen molar-refractivity contribution < 1.29 is 4.79 Å². The summed E-state index contributed by atoms with van der Waals surface area (Å²) in [6.45, 7) is 0. The van der Waals surface area contributed by atoms with Crippen molar-refractivity contribution in [1.29, 1.82) is 0 Å². The Morgan fingerprint density at radius 1 is 1.22 bits per heavy atom. The van der Waals surface area contributed by atoms with Crippen LogP contribution in [0.5, 0.6) is 0 Å². The van der Waals surface area contributed by atoms with Crippen molar-refractivity contribution in [3.8, 4) is 0 Å². The average Bonchev–Trinajstić information content (AvgIpc) is 2.34. The molecule has 0 saturated heterocycles. The number of nitrogens with zero attached hydrogens (tertiary/aromatic N) is 1. The van der Waals surface area contributed by atoms with Crippen LogP contribution < -0.4 is 5.32 Å². The second-order valence-electron chi connectivity index (χ2n) is 3.42. The molecule has 18 heavy (non-hydrogen) atoms. The number of rotatable bonds is 2. The minimum absolute atomic E-state index is 0.298. The van der Waals surface area contributed by atoms with Gasteiger partial charge in [-0.25, -0.2) is 4.98 Å². The van der Waals surface area contributed by atoms with Crippen LogP contribution in [0.2, 0.25) is 10.0 Å². The number of hydrogen-bond acceptors (Lipinski definition) is 2. The van der Waals surface area contributed by atoms with E-state index in [0.29, 0.717) is 25.9 Å². The molecule has 0 spiro atoms. The van der Waals surface area contributed by atoms with Gasteiger partial charge in [-0.2, -0.15) is 0 Å². The summed E-state index contributed by atoms with van der Waals surface area (Å²) in [5, 5.41) is 3.46. The number of amides is 1. The van der Waals surface area contributed by atoms with Crippen molar-refractivity contribution in [2.75, 3.05) is 5.32 Å². The van der Waals surface area contributed by atoms with E-state index in [0.717, 1.165) is 0 Å². The molecule has 1 amide bonds. The average molecular weight is 346 g/mol. The summed E-state index contributed by atoms with van der Waals surface area (Å²) in [6, 6.07) is 8.24. The fourth-order valence-corrected chi connectivity index (χ4v) is 2.20. The lowest BCUT2D eigenvalue weighted by atomic mass is 10.2. The Balaban J connectivity index is 2.27. The van der Waals surface area contributed by atoms with Gasteiger partial charge in [0.2, 0.25) is 0 Å². The maximum Gasteiger partial charge on any atom is 0.255 e. The quantitative estimate of drug-likeness (QED) is 0.819. The molecule has 1 N–H and O–H groups in total. The molecular weight excluding hydrogens is 339 g/mol. The van der Waals surface area contributed by atoms with Crippen molar-refractivity contribution >= 4 is 50.7 Å². The van der Waals surface area contributed by atoms with Gasteiger partial charge in [-0.3, -0.25) is 4.79 Å². The van der Waals surface area contributed by atoms with Gasteiger partial charge in [0, 0.05) is 11.8 Å². The van der Waals surface area contributed by atoms with Crippen molar-refractivity contribution in [1.82, 2.24) is 4.98 Å². The zero-order chi connectivity index (χ0) is 13.1. The van der Waals surface area contributed by atoms with E-state index >= 15 is 0 Å². The van der Waals surface area contributed by atoms with Gasteiger partial charge in [0.15, 0.2) is 0 Å². The first kappa shape index (κ1) is 13.3. The lowest BCUT2D eigenvalue weighted by Crippen LogP contribution is -2.12. The normalized spacial score (nSPS) is 10.2. The third-order valence-corrected chi connectivity index (χ3v) is 3.25. The topological polar surface area (TPSA) is 42.0 Å². The van der Waals surface area contributed by atoms with Crippen LogP contribution in [-0.2, 0) is 0 Å². The minimum atomic E-state index is -0.298. The predicted octanol–water partition coefficient (Wildman–Crippen LogP) is 4.40. The largest absolute Gasteiger partial charge is 0.319 e. The summed E-state index contributed by atoms with van der Waals surface area (Å²) in [6.07, 6.45) is 1.53. The molecule has 0 bridgehead atoms. The van der Waals surface area contributed by atoms with Gasteiger partial charge in [0.1, 0.15) is 4.60 Å². The summed E-state index contributed by atoms with van der Waals surface area (Å²) in [4.78, 5) is 15.9. The Hall–Kier alpha value is -1.10. The van der Waals surface area contributed by atoms with Gasteiger partial charge in [-0.1, -0.05) is 29.3 Å². The number of halogens is 3. The Bertz CT molecular complexity index is 584. The molecule has 0 radical (unpaired) electrons. The number of hydrogen-bond donors (Lipinski definition) is 1. The summed E-state index contributed by atoms with van der Waals surface area (Å²) >= 11 is 15.1. The highest BCUT2D eigenvalue weighted by Crippen LogP contribution is 2.30. The third-order valence-electron chi connectivity index (χ3n) is 2.19. The zero-order valence-corrected chi connectivity index (χ0v) is 12.1. The van der Waals surface area contributed by atoms with E-state index in [1.165, 1.54) is 6.20 Å². The Labute approximate surface area is 122 Å². The van der Waals surface area contributed by atoms with Gasteiger partial charge >= 0.3 is 0 Å². The zero-order valence-electron chi connectivity index (χ0n) is 8.95. The smallest absolute Gasteiger partial charge is 0.255 e. The Kier molecular flexibility index (Phi) is 4.22. The molecule has 0 atom stereocenters. The van der Waals surface area contributed by atoms with Crippen molar-refractivity contribution in [2.45, 2.75) is 0 Å². The fraction of sp³-hybridized carbons (Fsp3) is 0. The number of benzene rings is 1. The predicted molar refractivity (Wildman–Crippen MR) is 76.4 cm³/mol. The van der Waals surface area contributed by atoms with Crippen molar-refractivity contribution in [3.63, 3.8) is 0 Å². The molecule has 0 aliphatic carbocycles. The highest BCUT2D eigenvalue weighted by atomic mass is 79.9. The number of para-hydroxylation sites is 1. The number of pyridine rings is 1. The highest BCUT2D eigenvalue weighted by molar-refractivity contribution is 9.10. The van der Waals surface area contributed by atoms with Crippen molar-refractivity contribution in [2.24, 2.45) is 0 Å². The maximum absolute atomic E-state index is 12.0. The first-order valence-corrected chi connectivity index (χ1v) is 6.50. The molecule has 1 heterocycles. The van der Waals surface area contributed by atoms with E-state index in [2.05, 4.69) is 26.2 Å². The number of carbonyl (C=O) groups excluding carboxylic acids is 1. The first-order valence-electron chi connectivity index (χ1n) is 4.95. The van der Waals surface area contributed by atoms with Gasteiger partial charge in [-0.05, 0) is 40.2 Å². The SMILES string of the molecule is O=C(Nc1c(Cl)cccc1Cl)c1ccnc(Br)c1. The van der Waals surface area contributed by atoms with Crippen molar-refractivity contribution in [3.05, 3.63) is 56.7 Å². The molecule has 92 valence electrons. The standard InChI is InChI=1S/C12H7BrCl2N2O/c13-10-6-7(4-5-16-10)12(18)17-11-8(14)2-1-3-9(11)15/h1-6H,(H,17,18). The third kappa shape index (κ3) is 3.02. The number of anilines is 1. The second-order valence-corrected chi connectivity index (χ2v) is 5.04. The summed E-state index contributed by atoms with van der Waals surface area (Å²) in [5.74, 6) is -0.298.